The molecule has 1 heteroatoms. The number of hydrogen-bond donors (Lipinski definition) is 0. The van der Waals surface area contributed by atoms with Crippen molar-refractivity contribution in [1.82, 2.24) is 0 Å². The van der Waals surface area contributed by atoms with Crippen LogP contribution in [-0.2, 0) is 0 Å². The monoisotopic (exact) mass is 151 g/mol. The highest BCUT2D eigenvalue weighted by Gasteiger charge is 2.39. The minimum absolute atomic E-state index is 0.639. The van der Waals surface area contributed by atoms with E-state index in [-0.39, 0.29) is 0 Å². The Labute approximate surface area is 72.0 Å². The van der Waals surface area contributed by atoms with E-state index in [1.807, 2.05) is 0 Å². The second-order valence-corrected chi connectivity index (χ2v) is 4.57. The van der Waals surface area contributed by atoms with E-state index in [4.69, 9.17) is 0 Å². The van der Waals surface area contributed by atoms with Crippen molar-refractivity contribution in [2.24, 2.45) is 17.3 Å². The van der Waals surface area contributed by atoms with E-state index in [0.29, 0.717) is 5.41 Å². The van der Waals surface area contributed by atoms with Gasteiger partial charge in [0.25, 0.3) is 0 Å². The van der Waals surface area contributed by atoms with E-state index in [0.717, 1.165) is 11.8 Å². The van der Waals surface area contributed by atoms with Crippen LogP contribution in [0, 0.1) is 17.3 Å². The molecule has 0 spiro atoms. The summed E-state index contributed by atoms with van der Waals surface area (Å²) < 4.78 is 0. The summed E-state index contributed by atoms with van der Waals surface area (Å²) >= 11 is 0. The van der Waals surface area contributed by atoms with Crippen molar-refractivity contribution >= 4 is 7.28 Å². The van der Waals surface area contributed by atoms with Gasteiger partial charge in [0.15, 0.2) is 0 Å². The van der Waals surface area contributed by atoms with E-state index < -0.39 is 0 Å². The summed E-state index contributed by atoms with van der Waals surface area (Å²) in [7, 11) is 2.47. The first-order chi connectivity index (χ1) is 5.09. The lowest BCUT2D eigenvalue weighted by Gasteiger charge is -2.38. The molecule has 63 valence electrons. The molecular weight excluding hydrogens is 131 g/mol. The van der Waals surface area contributed by atoms with Gasteiger partial charge in [-0.3, -0.25) is 0 Å². The molecule has 1 heterocycles. The van der Waals surface area contributed by atoms with Gasteiger partial charge < -0.3 is 0 Å². The van der Waals surface area contributed by atoms with Crippen molar-refractivity contribution in [2.75, 3.05) is 0 Å². The third kappa shape index (κ3) is 1.48. The largest absolute Gasteiger partial charge is 0.110 e. The molecule has 0 aromatic heterocycles. The topological polar surface area (TPSA) is 0 Å². The van der Waals surface area contributed by atoms with Gasteiger partial charge in [0, 0.05) is 0 Å². The predicted molar refractivity (Wildman–Crippen MR) is 52.1 cm³/mol. The van der Waals surface area contributed by atoms with Crippen LogP contribution in [0.4, 0.5) is 0 Å². The molecule has 0 bridgehead atoms. The SMILES string of the molecule is CC(C)C1(C(C)C)C[B]CC1. The van der Waals surface area contributed by atoms with Gasteiger partial charge in [0.05, 0.1) is 0 Å². The molecule has 0 aromatic carbocycles. The molecule has 0 saturated carbocycles. The molecule has 1 aliphatic heterocycles. The van der Waals surface area contributed by atoms with Crippen molar-refractivity contribution in [3.8, 4) is 0 Å². The Morgan fingerprint density at radius 2 is 1.64 bits per heavy atom. The Hall–Kier alpha value is 0.0649. The molecule has 0 N–H and O–H groups in total. The molecule has 0 nitrogen and oxygen atoms in total. The summed E-state index contributed by atoms with van der Waals surface area (Å²) in [6.45, 7) is 9.50. The van der Waals surface area contributed by atoms with Gasteiger partial charge in [-0.05, 0) is 17.3 Å². The summed E-state index contributed by atoms with van der Waals surface area (Å²) in [6, 6.07) is 0. The van der Waals surface area contributed by atoms with Gasteiger partial charge in [-0.25, -0.2) is 0 Å². The average Bonchev–Trinajstić information content (AvgIpc) is 2.34. The number of hydrogen-bond acceptors (Lipinski definition) is 0. The quantitative estimate of drug-likeness (QED) is 0.531. The van der Waals surface area contributed by atoms with Gasteiger partial charge in [0.2, 0.25) is 0 Å². The minimum atomic E-state index is 0.639. The zero-order chi connectivity index (χ0) is 8.48. The lowest BCUT2D eigenvalue weighted by molar-refractivity contribution is 0.143. The van der Waals surface area contributed by atoms with Crippen LogP contribution in [0.25, 0.3) is 0 Å². The van der Waals surface area contributed by atoms with Crippen molar-refractivity contribution in [3.63, 3.8) is 0 Å². The zero-order valence-electron chi connectivity index (χ0n) is 8.35. The maximum atomic E-state index is 2.47. The fourth-order valence-corrected chi connectivity index (χ4v) is 2.56. The highest BCUT2D eigenvalue weighted by atomic mass is 14.4. The van der Waals surface area contributed by atoms with Crippen LogP contribution in [0.2, 0.25) is 12.6 Å². The normalized spacial score (nSPS) is 22.7. The average molecular weight is 151 g/mol. The lowest BCUT2D eigenvalue weighted by Crippen LogP contribution is -2.29. The Kier molecular flexibility index (Phi) is 2.67. The standard InChI is InChI=1S/C10H20B/c1-8(2)10(9(3)4)5-6-11-7-10/h8-9H,5-7H2,1-4H3. The zero-order valence-corrected chi connectivity index (χ0v) is 8.35. The summed E-state index contributed by atoms with van der Waals surface area (Å²) in [5.74, 6) is 1.70. The van der Waals surface area contributed by atoms with Crippen LogP contribution in [0.15, 0.2) is 0 Å². The van der Waals surface area contributed by atoms with Crippen molar-refractivity contribution < 1.29 is 0 Å². The summed E-state index contributed by atoms with van der Waals surface area (Å²) in [4.78, 5) is 0. The summed E-state index contributed by atoms with van der Waals surface area (Å²) in [6.07, 6.45) is 4.11. The molecule has 1 fully saturated rings. The molecule has 1 radical (unpaired) electrons. The first-order valence-corrected chi connectivity index (χ1v) is 4.91. The highest BCUT2D eigenvalue weighted by Crippen LogP contribution is 2.47. The Morgan fingerprint density at radius 3 is 1.82 bits per heavy atom. The van der Waals surface area contributed by atoms with Crippen LogP contribution < -0.4 is 0 Å². The van der Waals surface area contributed by atoms with E-state index in [9.17, 15) is 0 Å². The van der Waals surface area contributed by atoms with Gasteiger partial charge in [-0.2, -0.15) is 0 Å². The van der Waals surface area contributed by atoms with Crippen molar-refractivity contribution in [3.05, 3.63) is 0 Å². The molecular formula is C10H20B. The molecule has 1 rings (SSSR count). The minimum Gasteiger partial charge on any atom is -0.0798 e. The first-order valence-electron chi connectivity index (χ1n) is 4.91. The van der Waals surface area contributed by atoms with Crippen LogP contribution in [0.1, 0.15) is 34.1 Å². The van der Waals surface area contributed by atoms with Gasteiger partial charge in [-0.15, -0.1) is 0 Å². The van der Waals surface area contributed by atoms with Gasteiger partial charge in [-0.1, -0.05) is 46.8 Å². The van der Waals surface area contributed by atoms with Crippen molar-refractivity contribution in [1.29, 1.82) is 0 Å². The maximum Gasteiger partial charge on any atom is 0.110 e. The van der Waals surface area contributed by atoms with Crippen molar-refractivity contribution in [2.45, 2.75) is 46.8 Å². The lowest BCUT2D eigenvalue weighted by atomic mass is 9.63. The van der Waals surface area contributed by atoms with Crippen LogP contribution in [0.5, 0.6) is 0 Å². The fraction of sp³-hybridized carbons (Fsp3) is 1.00. The van der Waals surface area contributed by atoms with E-state index in [1.165, 1.54) is 19.1 Å². The smallest absolute Gasteiger partial charge is 0.0798 e. The van der Waals surface area contributed by atoms with Gasteiger partial charge >= 0.3 is 0 Å². The van der Waals surface area contributed by atoms with E-state index in [1.54, 1.807) is 0 Å². The Bertz CT molecular complexity index is 111. The third-order valence-corrected chi connectivity index (χ3v) is 3.64. The second-order valence-electron chi connectivity index (χ2n) is 4.57. The molecule has 0 aromatic rings. The van der Waals surface area contributed by atoms with E-state index in [2.05, 4.69) is 35.0 Å². The number of rotatable bonds is 2. The summed E-state index contributed by atoms with van der Waals surface area (Å²) in [5, 5.41) is 0. The molecule has 1 aliphatic rings. The fourth-order valence-electron chi connectivity index (χ4n) is 2.56. The van der Waals surface area contributed by atoms with Crippen LogP contribution in [0.3, 0.4) is 0 Å². The maximum absolute atomic E-state index is 2.47. The predicted octanol–water partition coefficient (Wildman–Crippen LogP) is 3.23. The molecule has 1 saturated heterocycles. The van der Waals surface area contributed by atoms with Crippen LogP contribution >= 0.6 is 0 Å². The Morgan fingerprint density at radius 1 is 1.09 bits per heavy atom. The first kappa shape index (κ1) is 9.16. The molecule has 0 amide bonds. The molecule has 11 heavy (non-hydrogen) atoms. The van der Waals surface area contributed by atoms with E-state index >= 15 is 0 Å². The molecule has 0 atom stereocenters. The van der Waals surface area contributed by atoms with Gasteiger partial charge in [0.1, 0.15) is 7.28 Å². The molecule has 0 unspecified atom stereocenters. The third-order valence-electron chi connectivity index (χ3n) is 3.64. The molecule has 0 aliphatic carbocycles. The summed E-state index contributed by atoms with van der Waals surface area (Å²) in [5.41, 5.74) is 0.639. The Balaban J connectivity index is 2.70. The van der Waals surface area contributed by atoms with Crippen LogP contribution in [-0.4, -0.2) is 7.28 Å². The second kappa shape index (κ2) is 3.20. The highest BCUT2D eigenvalue weighted by molar-refractivity contribution is 6.36.